The smallest absolute Gasteiger partial charge is 0.237 e. The number of methoxy groups -OCH3 is 1. The van der Waals surface area contributed by atoms with Gasteiger partial charge in [0.25, 0.3) is 0 Å². The molecule has 0 fully saturated rings. The molecular weight excluding hydrogens is 315 g/mol. The van der Waals surface area contributed by atoms with Gasteiger partial charge in [0, 0.05) is 18.0 Å². The van der Waals surface area contributed by atoms with Gasteiger partial charge in [-0.05, 0) is 22.0 Å². The average molecular weight is 327 g/mol. The molecule has 0 spiro atoms. The summed E-state index contributed by atoms with van der Waals surface area (Å²) in [5, 5.41) is 0. The van der Waals surface area contributed by atoms with Crippen LogP contribution < -0.4 is 16.0 Å². The van der Waals surface area contributed by atoms with Gasteiger partial charge in [-0.3, -0.25) is 10.8 Å². The number of benzene rings is 1. The number of hydrazine groups is 1. The van der Waals surface area contributed by atoms with E-state index in [1.165, 1.54) is 19.5 Å². The third-order valence-corrected chi connectivity index (χ3v) is 3.23. The van der Waals surface area contributed by atoms with Crippen LogP contribution in [0.1, 0.15) is 17.3 Å². The van der Waals surface area contributed by atoms with Crippen LogP contribution in [-0.4, -0.2) is 17.1 Å². The largest absolute Gasteiger partial charge is 0.480 e. The van der Waals surface area contributed by atoms with E-state index in [9.17, 15) is 4.39 Å². The molecule has 2 rings (SSSR count). The molecule has 0 aliphatic carbocycles. The highest BCUT2D eigenvalue weighted by atomic mass is 79.9. The highest BCUT2D eigenvalue weighted by Gasteiger charge is 2.23. The maximum Gasteiger partial charge on any atom is 0.237 e. The van der Waals surface area contributed by atoms with Crippen molar-refractivity contribution in [3.63, 3.8) is 0 Å². The summed E-state index contributed by atoms with van der Waals surface area (Å²) in [6.07, 6.45) is 2.99. The van der Waals surface area contributed by atoms with Gasteiger partial charge in [-0.1, -0.05) is 12.1 Å². The molecule has 2 aromatic rings. The first-order chi connectivity index (χ1) is 9.19. The van der Waals surface area contributed by atoms with Crippen molar-refractivity contribution in [3.8, 4) is 5.88 Å². The zero-order valence-electron chi connectivity index (χ0n) is 10.1. The highest BCUT2D eigenvalue weighted by Crippen LogP contribution is 2.30. The summed E-state index contributed by atoms with van der Waals surface area (Å²) in [6.45, 7) is 0. The number of ether oxygens (including phenoxy) is 1. The van der Waals surface area contributed by atoms with Gasteiger partial charge in [-0.15, -0.1) is 0 Å². The van der Waals surface area contributed by atoms with Crippen LogP contribution in [0.25, 0.3) is 0 Å². The first-order valence-corrected chi connectivity index (χ1v) is 6.23. The first kappa shape index (κ1) is 13.9. The topological polar surface area (TPSA) is 73.1 Å². The van der Waals surface area contributed by atoms with Crippen molar-refractivity contribution in [1.82, 2.24) is 15.4 Å². The zero-order valence-corrected chi connectivity index (χ0v) is 11.7. The van der Waals surface area contributed by atoms with Crippen LogP contribution in [0.15, 0.2) is 35.1 Å². The summed E-state index contributed by atoms with van der Waals surface area (Å²) in [5.41, 5.74) is 3.31. The van der Waals surface area contributed by atoms with Crippen LogP contribution in [0.4, 0.5) is 4.39 Å². The third-order valence-electron chi connectivity index (χ3n) is 2.62. The molecule has 0 saturated heterocycles. The van der Waals surface area contributed by atoms with Crippen molar-refractivity contribution in [2.24, 2.45) is 5.84 Å². The Kier molecular flexibility index (Phi) is 4.41. The van der Waals surface area contributed by atoms with E-state index in [0.717, 1.165) is 0 Å². The molecule has 1 heterocycles. The number of nitrogens with one attached hydrogen (secondary N) is 1. The molecule has 1 unspecified atom stereocenters. The molecule has 1 atom stereocenters. The predicted molar refractivity (Wildman–Crippen MR) is 71.9 cm³/mol. The van der Waals surface area contributed by atoms with Gasteiger partial charge in [0.15, 0.2) is 0 Å². The molecule has 0 bridgehead atoms. The van der Waals surface area contributed by atoms with Gasteiger partial charge in [-0.25, -0.2) is 14.8 Å². The molecule has 0 aliphatic heterocycles. The SMILES string of the molecule is COc1nccnc1C(NN)c1cccc(Br)c1F. The lowest BCUT2D eigenvalue weighted by Gasteiger charge is -2.18. The summed E-state index contributed by atoms with van der Waals surface area (Å²) in [5.74, 6) is 5.42. The van der Waals surface area contributed by atoms with Crippen molar-refractivity contribution < 1.29 is 9.13 Å². The van der Waals surface area contributed by atoms with E-state index in [-0.39, 0.29) is 0 Å². The van der Waals surface area contributed by atoms with E-state index < -0.39 is 11.9 Å². The number of hydrogen-bond acceptors (Lipinski definition) is 5. The molecule has 100 valence electrons. The van der Waals surface area contributed by atoms with Crippen molar-refractivity contribution >= 4 is 15.9 Å². The van der Waals surface area contributed by atoms with E-state index in [0.29, 0.717) is 21.6 Å². The second kappa shape index (κ2) is 6.05. The second-order valence-corrected chi connectivity index (χ2v) is 4.55. The Morgan fingerprint density at radius 3 is 2.79 bits per heavy atom. The highest BCUT2D eigenvalue weighted by molar-refractivity contribution is 9.10. The van der Waals surface area contributed by atoms with Crippen LogP contribution >= 0.6 is 15.9 Å². The Labute approximate surface area is 118 Å². The van der Waals surface area contributed by atoms with Gasteiger partial charge < -0.3 is 4.74 Å². The lowest BCUT2D eigenvalue weighted by Crippen LogP contribution is -2.30. The maximum absolute atomic E-state index is 14.1. The van der Waals surface area contributed by atoms with Gasteiger partial charge in [0.1, 0.15) is 11.5 Å². The van der Waals surface area contributed by atoms with Gasteiger partial charge >= 0.3 is 0 Å². The fourth-order valence-corrected chi connectivity index (χ4v) is 2.13. The average Bonchev–Trinajstić information content (AvgIpc) is 2.45. The van der Waals surface area contributed by atoms with Crippen LogP contribution in [0.5, 0.6) is 5.88 Å². The van der Waals surface area contributed by atoms with Crippen LogP contribution in [0.3, 0.4) is 0 Å². The first-order valence-electron chi connectivity index (χ1n) is 5.44. The van der Waals surface area contributed by atoms with Crippen molar-refractivity contribution in [3.05, 3.63) is 52.1 Å². The minimum atomic E-state index is -0.652. The lowest BCUT2D eigenvalue weighted by molar-refractivity contribution is 0.382. The van der Waals surface area contributed by atoms with E-state index in [4.69, 9.17) is 10.6 Å². The Morgan fingerprint density at radius 2 is 2.11 bits per heavy atom. The maximum atomic E-state index is 14.1. The summed E-state index contributed by atoms with van der Waals surface area (Å²) in [6, 6.07) is 4.30. The molecule has 3 N–H and O–H groups in total. The third kappa shape index (κ3) is 2.73. The van der Waals surface area contributed by atoms with Crippen molar-refractivity contribution in [2.75, 3.05) is 7.11 Å². The Hall–Kier alpha value is -1.57. The minimum Gasteiger partial charge on any atom is -0.480 e. The van der Waals surface area contributed by atoms with Gasteiger partial charge in [0.05, 0.1) is 17.6 Å². The fourth-order valence-electron chi connectivity index (χ4n) is 1.75. The van der Waals surface area contributed by atoms with Crippen LogP contribution in [0.2, 0.25) is 0 Å². The van der Waals surface area contributed by atoms with Crippen molar-refractivity contribution in [2.45, 2.75) is 6.04 Å². The second-order valence-electron chi connectivity index (χ2n) is 3.69. The van der Waals surface area contributed by atoms with Gasteiger partial charge in [0.2, 0.25) is 5.88 Å². The summed E-state index contributed by atoms with van der Waals surface area (Å²) in [4.78, 5) is 8.19. The summed E-state index contributed by atoms with van der Waals surface area (Å²) in [7, 11) is 1.47. The lowest BCUT2D eigenvalue weighted by atomic mass is 10.0. The molecule has 5 nitrogen and oxygen atoms in total. The number of rotatable bonds is 4. The Bertz CT molecular complexity index is 581. The zero-order chi connectivity index (χ0) is 13.8. The minimum absolute atomic E-state index is 0.296. The Balaban J connectivity index is 2.53. The van der Waals surface area contributed by atoms with E-state index in [2.05, 4.69) is 31.3 Å². The molecule has 0 radical (unpaired) electrons. The van der Waals surface area contributed by atoms with E-state index >= 15 is 0 Å². The molecule has 0 amide bonds. The number of aromatic nitrogens is 2. The number of halogens is 2. The number of hydrogen-bond donors (Lipinski definition) is 2. The summed E-state index contributed by atoms with van der Waals surface area (Å²) < 4.78 is 19.6. The molecule has 0 aliphatic rings. The fraction of sp³-hybridized carbons (Fsp3) is 0.167. The monoisotopic (exact) mass is 326 g/mol. The Morgan fingerprint density at radius 1 is 1.37 bits per heavy atom. The normalized spacial score (nSPS) is 12.2. The molecule has 0 saturated carbocycles. The summed E-state index contributed by atoms with van der Waals surface area (Å²) >= 11 is 3.14. The van der Waals surface area contributed by atoms with E-state index in [1.54, 1.807) is 18.2 Å². The van der Waals surface area contributed by atoms with E-state index in [1.807, 2.05) is 0 Å². The number of nitrogens with two attached hydrogens (primary N) is 1. The molecule has 1 aromatic carbocycles. The molecular formula is C12H12BrFN4O. The van der Waals surface area contributed by atoms with Gasteiger partial charge in [-0.2, -0.15) is 0 Å². The molecule has 7 heteroatoms. The molecule has 1 aromatic heterocycles. The molecule has 19 heavy (non-hydrogen) atoms. The van der Waals surface area contributed by atoms with Crippen LogP contribution in [-0.2, 0) is 0 Å². The van der Waals surface area contributed by atoms with Crippen molar-refractivity contribution in [1.29, 1.82) is 0 Å². The van der Waals surface area contributed by atoms with Crippen LogP contribution in [0, 0.1) is 5.82 Å². The quantitative estimate of drug-likeness (QED) is 0.663. The standard InChI is InChI=1S/C12H12BrFN4O/c1-19-12-11(16-5-6-17-12)10(18-15)7-3-2-4-8(13)9(7)14/h2-6,10,18H,15H2,1H3. The predicted octanol–water partition coefficient (Wildman–Crippen LogP) is 1.94. The number of nitrogens with zero attached hydrogens (tertiary/aromatic N) is 2.